The summed E-state index contributed by atoms with van der Waals surface area (Å²) in [6.45, 7) is 13.8. The predicted octanol–water partition coefficient (Wildman–Crippen LogP) is 2.25. The van der Waals surface area contributed by atoms with Crippen LogP contribution in [-0.2, 0) is 0 Å². The van der Waals surface area contributed by atoms with Gasteiger partial charge in [0.15, 0.2) is 0 Å². The van der Waals surface area contributed by atoms with Gasteiger partial charge in [-0.3, -0.25) is 4.90 Å². The smallest absolute Gasteiger partial charge is 0.0195 e. The van der Waals surface area contributed by atoms with E-state index < -0.39 is 0 Å². The predicted molar refractivity (Wildman–Crippen MR) is 62.6 cm³/mol. The van der Waals surface area contributed by atoms with Gasteiger partial charge in [0.25, 0.3) is 0 Å². The van der Waals surface area contributed by atoms with Crippen molar-refractivity contribution in [3.05, 3.63) is 0 Å². The summed E-state index contributed by atoms with van der Waals surface area (Å²) in [6.07, 6.45) is 2.75. The molecule has 2 unspecified atom stereocenters. The summed E-state index contributed by atoms with van der Waals surface area (Å²) in [5.41, 5.74) is 0.247. The van der Waals surface area contributed by atoms with Crippen molar-refractivity contribution in [3.63, 3.8) is 0 Å². The van der Waals surface area contributed by atoms with Gasteiger partial charge in [0, 0.05) is 24.2 Å². The molecule has 1 heterocycles. The van der Waals surface area contributed by atoms with E-state index in [4.69, 9.17) is 0 Å². The van der Waals surface area contributed by atoms with Crippen molar-refractivity contribution in [1.82, 2.24) is 10.2 Å². The lowest BCUT2D eigenvalue weighted by molar-refractivity contribution is 0.189. The topological polar surface area (TPSA) is 15.3 Å². The highest BCUT2D eigenvalue weighted by atomic mass is 15.2. The lowest BCUT2D eigenvalue weighted by Gasteiger charge is -2.31. The largest absolute Gasteiger partial charge is 0.311 e. The molecule has 1 aliphatic heterocycles. The SMILES string of the molecule is CC1CCCN1C(C)CNC(C)(C)C. The first-order valence-electron chi connectivity index (χ1n) is 5.91. The summed E-state index contributed by atoms with van der Waals surface area (Å²) in [7, 11) is 0. The molecule has 1 saturated heterocycles. The number of nitrogens with one attached hydrogen (secondary N) is 1. The summed E-state index contributed by atoms with van der Waals surface area (Å²) in [6, 6.07) is 1.46. The Morgan fingerprint density at radius 3 is 2.50 bits per heavy atom. The summed E-state index contributed by atoms with van der Waals surface area (Å²) in [4.78, 5) is 2.62. The van der Waals surface area contributed by atoms with E-state index >= 15 is 0 Å². The van der Waals surface area contributed by atoms with Crippen LogP contribution in [-0.4, -0.2) is 35.6 Å². The van der Waals surface area contributed by atoms with Crippen LogP contribution < -0.4 is 5.32 Å². The first-order valence-corrected chi connectivity index (χ1v) is 5.91. The molecule has 0 amide bonds. The fourth-order valence-corrected chi connectivity index (χ4v) is 2.18. The molecule has 0 spiro atoms. The molecule has 14 heavy (non-hydrogen) atoms. The normalized spacial score (nSPS) is 26.8. The average molecular weight is 198 g/mol. The van der Waals surface area contributed by atoms with Gasteiger partial charge in [-0.15, -0.1) is 0 Å². The molecule has 0 aromatic heterocycles. The van der Waals surface area contributed by atoms with Gasteiger partial charge in [-0.05, 0) is 54.0 Å². The van der Waals surface area contributed by atoms with Gasteiger partial charge in [-0.1, -0.05) is 0 Å². The van der Waals surface area contributed by atoms with Crippen molar-refractivity contribution < 1.29 is 0 Å². The summed E-state index contributed by atoms with van der Waals surface area (Å²) < 4.78 is 0. The molecule has 0 aliphatic carbocycles. The molecule has 0 aromatic rings. The van der Waals surface area contributed by atoms with Gasteiger partial charge in [-0.2, -0.15) is 0 Å². The van der Waals surface area contributed by atoms with Crippen LogP contribution in [0.15, 0.2) is 0 Å². The number of nitrogens with zero attached hydrogens (tertiary/aromatic N) is 1. The van der Waals surface area contributed by atoms with E-state index in [2.05, 4.69) is 44.8 Å². The highest BCUT2D eigenvalue weighted by molar-refractivity contribution is 4.83. The maximum atomic E-state index is 3.58. The van der Waals surface area contributed by atoms with E-state index in [1.807, 2.05) is 0 Å². The molecule has 1 fully saturated rings. The third-order valence-corrected chi connectivity index (χ3v) is 3.10. The summed E-state index contributed by atoms with van der Waals surface area (Å²) in [5.74, 6) is 0. The summed E-state index contributed by atoms with van der Waals surface area (Å²) in [5, 5.41) is 3.58. The van der Waals surface area contributed by atoms with Crippen molar-refractivity contribution in [2.45, 2.75) is 65.1 Å². The molecule has 0 saturated carbocycles. The van der Waals surface area contributed by atoms with Crippen molar-refractivity contribution >= 4 is 0 Å². The van der Waals surface area contributed by atoms with Gasteiger partial charge in [0.2, 0.25) is 0 Å². The van der Waals surface area contributed by atoms with Crippen LogP contribution in [0.3, 0.4) is 0 Å². The zero-order chi connectivity index (χ0) is 10.8. The second kappa shape index (κ2) is 4.63. The Hall–Kier alpha value is -0.0800. The monoisotopic (exact) mass is 198 g/mol. The lowest BCUT2D eigenvalue weighted by Crippen LogP contribution is -2.47. The zero-order valence-corrected chi connectivity index (χ0v) is 10.4. The summed E-state index contributed by atoms with van der Waals surface area (Å²) >= 11 is 0. The Morgan fingerprint density at radius 1 is 1.43 bits per heavy atom. The van der Waals surface area contributed by atoms with Crippen LogP contribution in [0, 0.1) is 0 Å². The van der Waals surface area contributed by atoms with E-state index in [9.17, 15) is 0 Å². The third-order valence-electron chi connectivity index (χ3n) is 3.10. The molecule has 0 bridgehead atoms. The van der Waals surface area contributed by atoms with Crippen LogP contribution >= 0.6 is 0 Å². The Kier molecular flexibility index (Phi) is 3.96. The van der Waals surface area contributed by atoms with Crippen LogP contribution in [0.1, 0.15) is 47.5 Å². The Labute approximate surface area is 89.1 Å². The molecule has 0 radical (unpaired) electrons. The minimum absolute atomic E-state index is 0.247. The van der Waals surface area contributed by atoms with E-state index in [-0.39, 0.29) is 5.54 Å². The van der Waals surface area contributed by atoms with Crippen molar-refractivity contribution in [2.24, 2.45) is 0 Å². The Bertz CT molecular complexity index is 172. The molecule has 2 heteroatoms. The van der Waals surface area contributed by atoms with Crippen molar-refractivity contribution in [1.29, 1.82) is 0 Å². The molecule has 2 atom stereocenters. The fraction of sp³-hybridized carbons (Fsp3) is 1.00. The second-order valence-electron chi connectivity index (χ2n) is 5.71. The van der Waals surface area contributed by atoms with E-state index in [0.717, 1.165) is 12.6 Å². The lowest BCUT2D eigenvalue weighted by atomic mass is 10.1. The number of rotatable bonds is 3. The molecular formula is C12H26N2. The molecule has 1 N–H and O–H groups in total. The maximum Gasteiger partial charge on any atom is 0.0195 e. The van der Waals surface area contributed by atoms with Crippen molar-refractivity contribution in [2.75, 3.05) is 13.1 Å². The van der Waals surface area contributed by atoms with Gasteiger partial charge >= 0.3 is 0 Å². The average Bonchev–Trinajstić information content (AvgIpc) is 2.46. The second-order valence-corrected chi connectivity index (χ2v) is 5.71. The number of hydrogen-bond acceptors (Lipinski definition) is 2. The van der Waals surface area contributed by atoms with E-state index in [1.54, 1.807) is 0 Å². The van der Waals surface area contributed by atoms with Gasteiger partial charge < -0.3 is 5.32 Å². The molecule has 1 aliphatic rings. The third kappa shape index (κ3) is 3.58. The van der Waals surface area contributed by atoms with E-state index in [0.29, 0.717) is 6.04 Å². The quantitative estimate of drug-likeness (QED) is 0.748. The van der Waals surface area contributed by atoms with Crippen LogP contribution in [0.2, 0.25) is 0 Å². The maximum absolute atomic E-state index is 3.58. The van der Waals surface area contributed by atoms with Crippen LogP contribution in [0.5, 0.6) is 0 Å². The highest BCUT2D eigenvalue weighted by Crippen LogP contribution is 2.19. The minimum atomic E-state index is 0.247. The number of hydrogen-bond donors (Lipinski definition) is 1. The van der Waals surface area contributed by atoms with Crippen LogP contribution in [0.25, 0.3) is 0 Å². The molecule has 2 nitrogen and oxygen atoms in total. The molecule has 84 valence electrons. The Morgan fingerprint density at radius 2 is 2.07 bits per heavy atom. The van der Waals surface area contributed by atoms with Crippen molar-refractivity contribution in [3.8, 4) is 0 Å². The van der Waals surface area contributed by atoms with Gasteiger partial charge in [0.05, 0.1) is 0 Å². The van der Waals surface area contributed by atoms with Crippen LogP contribution in [0.4, 0.5) is 0 Å². The highest BCUT2D eigenvalue weighted by Gasteiger charge is 2.25. The molecule has 0 aromatic carbocycles. The van der Waals surface area contributed by atoms with Gasteiger partial charge in [-0.25, -0.2) is 0 Å². The van der Waals surface area contributed by atoms with Gasteiger partial charge in [0.1, 0.15) is 0 Å². The first kappa shape index (κ1) is 12.0. The zero-order valence-electron chi connectivity index (χ0n) is 10.4. The Balaban J connectivity index is 2.31. The minimum Gasteiger partial charge on any atom is -0.311 e. The standard InChI is InChI=1S/C12H26N2/c1-10-7-6-8-14(10)11(2)9-13-12(3,4)5/h10-11,13H,6-9H2,1-5H3. The van der Waals surface area contributed by atoms with E-state index in [1.165, 1.54) is 19.4 Å². The number of likely N-dealkylation sites (tertiary alicyclic amines) is 1. The molecule has 1 rings (SSSR count). The molecular weight excluding hydrogens is 172 g/mol. The first-order chi connectivity index (χ1) is 6.40. The fourth-order valence-electron chi connectivity index (χ4n) is 2.18.